The number of carbonyl (C=O) groups excluding carboxylic acids is 1. The Kier molecular flexibility index (Phi) is 5.33. The Bertz CT molecular complexity index is 535. The van der Waals surface area contributed by atoms with E-state index in [-0.39, 0.29) is 16.3 Å². The van der Waals surface area contributed by atoms with Gasteiger partial charge < -0.3 is 10.6 Å². The van der Waals surface area contributed by atoms with Crippen LogP contribution in [0.1, 0.15) is 18.7 Å². The fourth-order valence-corrected chi connectivity index (χ4v) is 3.72. The highest BCUT2D eigenvalue weighted by atomic mass is 32.2. The number of rotatable bonds is 5. The lowest BCUT2D eigenvalue weighted by atomic mass is 10.4. The number of sulfonamides is 1. The smallest absolute Gasteiger partial charge is 0.315 e. The maximum atomic E-state index is 11.9. The van der Waals surface area contributed by atoms with Gasteiger partial charge in [-0.15, -0.1) is 11.3 Å². The first-order valence-electron chi connectivity index (χ1n) is 5.79. The molecule has 0 saturated carbocycles. The van der Waals surface area contributed by atoms with E-state index >= 15 is 0 Å². The van der Waals surface area contributed by atoms with Crippen molar-refractivity contribution in [1.82, 2.24) is 14.9 Å². The lowest BCUT2D eigenvalue weighted by Gasteiger charge is -2.09. The van der Waals surface area contributed by atoms with Gasteiger partial charge in [0, 0.05) is 25.0 Å². The van der Waals surface area contributed by atoms with Crippen molar-refractivity contribution >= 4 is 27.4 Å². The van der Waals surface area contributed by atoms with Crippen molar-refractivity contribution in [2.75, 3.05) is 14.1 Å². The van der Waals surface area contributed by atoms with Crippen LogP contribution in [0.15, 0.2) is 16.3 Å². The molecule has 0 bridgehead atoms. The SMILES string of the molecule is CC(C)NC(=O)NCc1ccc(S(=O)(=O)N(C)C)s1. The topological polar surface area (TPSA) is 78.5 Å². The average Bonchev–Trinajstić information content (AvgIpc) is 2.74. The highest BCUT2D eigenvalue weighted by molar-refractivity contribution is 7.91. The Hall–Kier alpha value is -1.12. The first-order chi connectivity index (χ1) is 8.73. The second-order valence-corrected chi connectivity index (χ2v) is 8.04. The van der Waals surface area contributed by atoms with Crippen molar-refractivity contribution in [2.45, 2.75) is 30.6 Å². The van der Waals surface area contributed by atoms with E-state index in [1.165, 1.54) is 18.4 Å². The Balaban J connectivity index is 2.64. The standard InChI is InChI=1S/C11H19N3O3S2/c1-8(2)13-11(15)12-7-9-5-6-10(18-9)19(16,17)14(3)4/h5-6,8H,7H2,1-4H3,(H2,12,13,15). The Morgan fingerprint density at radius 1 is 1.37 bits per heavy atom. The van der Waals surface area contributed by atoms with Crippen LogP contribution in [0, 0.1) is 0 Å². The van der Waals surface area contributed by atoms with E-state index < -0.39 is 10.0 Å². The van der Waals surface area contributed by atoms with Crippen LogP contribution >= 0.6 is 11.3 Å². The number of nitrogens with one attached hydrogen (secondary N) is 2. The molecule has 0 radical (unpaired) electrons. The number of carbonyl (C=O) groups is 1. The molecule has 0 aliphatic rings. The molecule has 6 nitrogen and oxygen atoms in total. The van der Waals surface area contributed by atoms with Crippen LogP contribution in [0.2, 0.25) is 0 Å². The summed E-state index contributed by atoms with van der Waals surface area (Å²) in [6, 6.07) is 3.06. The quantitative estimate of drug-likeness (QED) is 0.858. The molecule has 1 aromatic rings. The molecule has 1 aromatic heterocycles. The van der Waals surface area contributed by atoms with Crippen LogP contribution in [0.25, 0.3) is 0 Å². The van der Waals surface area contributed by atoms with Crippen LogP contribution in [0.4, 0.5) is 4.79 Å². The van der Waals surface area contributed by atoms with Gasteiger partial charge in [0.25, 0.3) is 10.0 Å². The maximum absolute atomic E-state index is 11.9. The summed E-state index contributed by atoms with van der Waals surface area (Å²) in [6.45, 7) is 4.05. The van der Waals surface area contributed by atoms with E-state index in [4.69, 9.17) is 0 Å². The minimum absolute atomic E-state index is 0.0630. The van der Waals surface area contributed by atoms with Gasteiger partial charge in [0.15, 0.2) is 0 Å². The van der Waals surface area contributed by atoms with Gasteiger partial charge in [-0.1, -0.05) is 0 Å². The molecule has 1 heterocycles. The summed E-state index contributed by atoms with van der Waals surface area (Å²) in [5, 5.41) is 5.37. The largest absolute Gasteiger partial charge is 0.336 e. The first-order valence-corrected chi connectivity index (χ1v) is 8.04. The van der Waals surface area contributed by atoms with Gasteiger partial charge in [0.2, 0.25) is 0 Å². The summed E-state index contributed by atoms with van der Waals surface area (Å²) in [4.78, 5) is 12.2. The molecule has 0 saturated heterocycles. The molecule has 19 heavy (non-hydrogen) atoms. The van der Waals surface area contributed by atoms with E-state index in [9.17, 15) is 13.2 Å². The van der Waals surface area contributed by atoms with Crippen LogP contribution in [-0.2, 0) is 16.6 Å². The third-order valence-electron chi connectivity index (χ3n) is 2.21. The van der Waals surface area contributed by atoms with Gasteiger partial charge in [-0.05, 0) is 26.0 Å². The molecule has 2 amide bonds. The second kappa shape index (κ2) is 6.36. The Morgan fingerprint density at radius 3 is 2.53 bits per heavy atom. The zero-order valence-electron chi connectivity index (χ0n) is 11.4. The summed E-state index contributed by atoms with van der Waals surface area (Å²) in [5.41, 5.74) is 0. The summed E-state index contributed by atoms with van der Waals surface area (Å²) in [7, 11) is -0.412. The molecule has 0 spiro atoms. The summed E-state index contributed by atoms with van der Waals surface area (Å²) < 4.78 is 25.2. The molecule has 108 valence electrons. The third kappa shape index (κ3) is 4.48. The Morgan fingerprint density at radius 2 is 2.00 bits per heavy atom. The molecule has 1 rings (SSSR count). The van der Waals surface area contributed by atoms with Gasteiger partial charge in [-0.25, -0.2) is 17.5 Å². The van der Waals surface area contributed by atoms with Gasteiger partial charge >= 0.3 is 6.03 Å². The van der Waals surface area contributed by atoms with Crippen molar-refractivity contribution in [1.29, 1.82) is 0 Å². The van der Waals surface area contributed by atoms with Crippen LogP contribution in [-0.4, -0.2) is 38.9 Å². The number of nitrogens with zero attached hydrogens (tertiary/aromatic N) is 1. The number of amides is 2. The number of urea groups is 1. The van der Waals surface area contributed by atoms with E-state index in [0.717, 1.165) is 16.2 Å². The molecule has 8 heteroatoms. The minimum Gasteiger partial charge on any atom is -0.336 e. The van der Waals surface area contributed by atoms with E-state index in [1.54, 1.807) is 12.1 Å². The van der Waals surface area contributed by atoms with E-state index in [2.05, 4.69) is 10.6 Å². The van der Waals surface area contributed by atoms with Crippen molar-refractivity contribution in [2.24, 2.45) is 0 Å². The van der Waals surface area contributed by atoms with Gasteiger partial charge in [-0.3, -0.25) is 0 Å². The molecule has 0 aromatic carbocycles. The van der Waals surface area contributed by atoms with Crippen molar-refractivity contribution < 1.29 is 13.2 Å². The third-order valence-corrected chi connectivity index (χ3v) is 5.58. The minimum atomic E-state index is -3.39. The number of thiophene rings is 1. The predicted molar refractivity (Wildman–Crippen MR) is 75.7 cm³/mol. The molecular weight excluding hydrogens is 286 g/mol. The molecular formula is C11H19N3O3S2. The lowest BCUT2D eigenvalue weighted by molar-refractivity contribution is 0.238. The fourth-order valence-electron chi connectivity index (χ4n) is 1.25. The van der Waals surface area contributed by atoms with E-state index in [1.807, 2.05) is 13.8 Å². The van der Waals surface area contributed by atoms with Crippen molar-refractivity contribution in [3.8, 4) is 0 Å². The zero-order chi connectivity index (χ0) is 14.6. The fraction of sp³-hybridized carbons (Fsp3) is 0.545. The van der Waals surface area contributed by atoms with Gasteiger partial charge in [0.1, 0.15) is 4.21 Å². The second-order valence-electron chi connectivity index (χ2n) is 4.49. The Labute approximate surface area is 117 Å². The normalized spacial score (nSPS) is 11.9. The highest BCUT2D eigenvalue weighted by Gasteiger charge is 2.19. The van der Waals surface area contributed by atoms with E-state index in [0.29, 0.717) is 6.54 Å². The maximum Gasteiger partial charge on any atom is 0.315 e. The van der Waals surface area contributed by atoms with Crippen LogP contribution in [0.5, 0.6) is 0 Å². The van der Waals surface area contributed by atoms with Crippen LogP contribution < -0.4 is 10.6 Å². The molecule has 0 unspecified atom stereocenters. The molecule has 0 aliphatic carbocycles. The molecule has 0 aliphatic heterocycles. The lowest BCUT2D eigenvalue weighted by Crippen LogP contribution is -2.38. The molecule has 2 N–H and O–H groups in total. The van der Waals surface area contributed by atoms with Crippen molar-refractivity contribution in [3.05, 3.63) is 17.0 Å². The first kappa shape index (κ1) is 15.9. The highest BCUT2D eigenvalue weighted by Crippen LogP contribution is 2.23. The molecule has 0 atom stereocenters. The predicted octanol–water partition coefficient (Wildman–Crippen LogP) is 1.21. The summed E-state index contributed by atoms with van der Waals surface area (Å²) in [5.74, 6) is 0. The van der Waals surface area contributed by atoms with Crippen LogP contribution in [0.3, 0.4) is 0 Å². The zero-order valence-corrected chi connectivity index (χ0v) is 13.1. The summed E-state index contributed by atoms with van der Waals surface area (Å²) >= 11 is 1.16. The monoisotopic (exact) mass is 305 g/mol. The van der Waals surface area contributed by atoms with Crippen molar-refractivity contribution in [3.63, 3.8) is 0 Å². The summed E-state index contributed by atoms with van der Waals surface area (Å²) in [6.07, 6.45) is 0. The van der Waals surface area contributed by atoms with Gasteiger partial charge in [-0.2, -0.15) is 0 Å². The number of hydrogen-bond acceptors (Lipinski definition) is 4. The average molecular weight is 305 g/mol. The molecule has 0 fully saturated rings. The van der Waals surface area contributed by atoms with Gasteiger partial charge in [0.05, 0.1) is 6.54 Å². The number of hydrogen-bond donors (Lipinski definition) is 2.